The number of nitrogens with zero attached hydrogens (tertiary/aromatic N) is 2. The molecule has 7 heteroatoms. The number of pyridine rings is 1. The van der Waals surface area contributed by atoms with Crippen molar-refractivity contribution in [1.82, 2.24) is 4.98 Å². The van der Waals surface area contributed by atoms with Gasteiger partial charge in [0.15, 0.2) is 0 Å². The molecule has 1 unspecified atom stereocenters. The summed E-state index contributed by atoms with van der Waals surface area (Å²) in [6.45, 7) is 0.568. The molecule has 2 aromatic carbocycles. The van der Waals surface area contributed by atoms with Gasteiger partial charge < -0.3 is 9.64 Å². The first kappa shape index (κ1) is 18.4. The fourth-order valence-corrected chi connectivity index (χ4v) is 5.32. The maximum absolute atomic E-state index is 13.3. The lowest BCUT2D eigenvalue weighted by molar-refractivity contribution is -0.137. The molecular formula is C22H17F3N2OS. The summed E-state index contributed by atoms with van der Waals surface area (Å²) >= 11 is 1.56. The molecule has 0 amide bonds. The van der Waals surface area contributed by atoms with Crippen molar-refractivity contribution in [2.75, 3.05) is 11.5 Å². The maximum Gasteiger partial charge on any atom is 0.417 e. The summed E-state index contributed by atoms with van der Waals surface area (Å²) < 4.78 is 45.7. The van der Waals surface area contributed by atoms with E-state index in [0.717, 1.165) is 34.5 Å². The van der Waals surface area contributed by atoms with Crippen molar-refractivity contribution in [1.29, 1.82) is 0 Å². The Bertz CT molecular complexity index is 1060. The second-order valence-electron chi connectivity index (χ2n) is 7.04. The zero-order valence-corrected chi connectivity index (χ0v) is 16.1. The number of fused-ring (bicyclic) bond motifs is 2. The van der Waals surface area contributed by atoms with Gasteiger partial charge >= 0.3 is 6.18 Å². The highest BCUT2D eigenvalue weighted by atomic mass is 32.2. The average molecular weight is 414 g/mol. The minimum absolute atomic E-state index is 0.00985. The van der Waals surface area contributed by atoms with Crippen LogP contribution in [0, 0.1) is 0 Å². The molecular weight excluding hydrogens is 397 g/mol. The molecule has 2 aliphatic heterocycles. The van der Waals surface area contributed by atoms with E-state index in [1.54, 1.807) is 11.8 Å². The molecule has 3 aromatic rings. The number of para-hydroxylation sites is 2. The van der Waals surface area contributed by atoms with Crippen LogP contribution in [0.3, 0.4) is 0 Å². The molecule has 0 aliphatic carbocycles. The minimum Gasteiger partial charge on any atom is -0.493 e. The van der Waals surface area contributed by atoms with Gasteiger partial charge in [-0.2, -0.15) is 13.2 Å². The Kier molecular flexibility index (Phi) is 4.42. The molecule has 0 spiro atoms. The number of aromatic nitrogens is 1. The van der Waals surface area contributed by atoms with Gasteiger partial charge in [-0.3, -0.25) is 4.98 Å². The van der Waals surface area contributed by atoms with E-state index in [9.17, 15) is 13.2 Å². The average Bonchev–Trinajstić information content (AvgIpc) is 3.12. The Morgan fingerprint density at radius 1 is 1.03 bits per heavy atom. The topological polar surface area (TPSA) is 25.4 Å². The highest BCUT2D eigenvalue weighted by Gasteiger charge is 2.40. The molecule has 0 saturated carbocycles. The van der Waals surface area contributed by atoms with E-state index in [-0.39, 0.29) is 11.4 Å². The van der Waals surface area contributed by atoms with Crippen LogP contribution < -0.4 is 9.64 Å². The predicted octanol–water partition coefficient (Wildman–Crippen LogP) is 6.24. The number of thioether (sulfide) groups is 1. The molecule has 2 atom stereocenters. The lowest BCUT2D eigenvalue weighted by atomic mass is 9.97. The molecule has 3 heterocycles. The normalized spacial score (nSPS) is 20.7. The molecule has 2 aliphatic rings. The van der Waals surface area contributed by atoms with Gasteiger partial charge in [0.2, 0.25) is 0 Å². The second-order valence-corrected chi connectivity index (χ2v) is 8.16. The summed E-state index contributed by atoms with van der Waals surface area (Å²) in [7, 11) is 0. The van der Waals surface area contributed by atoms with Gasteiger partial charge in [0.05, 0.1) is 23.9 Å². The number of hydrogen-bond acceptors (Lipinski definition) is 4. The SMILES string of the molecule is FC(F)(F)c1cncc([C@@H]2Sc3ccccc3N2C2CCOc3ccccc32)c1. The van der Waals surface area contributed by atoms with E-state index in [1.165, 1.54) is 12.3 Å². The molecule has 0 fully saturated rings. The molecule has 5 rings (SSSR count). The lowest BCUT2D eigenvalue weighted by Crippen LogP contribution is -2.32. The van der Waals surface area contributed by atoms with E-state index in [0.29, 0.717) is 12.2 Å². The zero-order valence-electron chi connectivity index (χ0n) is 15.3. The number of hydrogen-bond donors (Lipinski definition) is 0. The third-order valence-corrected chi connectivity index (χ3v) is 6.59. The van der Waals surface area contributed by atoms with Crippen LogP contribution in [0.15, 0.2) is 71.9 Å². The van der Waals surface area contributed by atoms with Gasteiger partial charge in [-0.05, 0) is 24.3 Å². The molecule has 3 nitrogen and oxygen atoms in total. The van der Waals surface area contributed by atoms with Crippen molar-refractivity contribution in [2.24, 2.45) is 0 Å². The first-order valence-electron chi connectivity index (χ1n) is 9.30. The van der Waals surface area contributed by atoms with Crippen molar-refractivity contribution in [3.63, 3.8) is 0 Å². The van der Waals surface area contributed by atoms with Gasteiger partial charge in [-0.15, -0.1) is 0 Å². The molecule has 0 N–H and O–H groups in total. The highest BCUT2D eigenvalue weighted by Crippen LogP contribution is 2.56. The van der Waals surface area contributed by atoms with Gasteiger partial charge in [0.25, 0.3) is 0 Å². The first-order valence-corrected chi connectivity index (χ1v) is 10.2. The smallest absolute Gasteiger partial charge is 0.417 e. The molecule has 1 aromatic heterocycles. The lowest BCUT2D eigenvalue weighted by Gasteiger charge is -2.38. The van der Waals surface area contributed by atoms with E-state index >= 15 is 0 Å². The first-order chi connectivity index (χ1) is 14.0. The highest BCUT2D eigenvalue weighted by molar-refractivity contribution is 8.00. The monoisotopic (exact) mass is 414 g/mol. The van der Waals surface area contributed by atoms with E-state index < -0.39 is 11.7 Å². The van der Waals surface area contributed by atoms with Crippen molar-refractivity contribution < 1.29 is 17.9 Å². The molecule has 0 radical (unpaired) electrons. The Morgan fingerprint density at radius 3 is 2.69 bits per heavy atom. The number of anilines is 1. The summed E-state index contributed by atoms with van der Waals surface area (Å²) in [5, 5.41) is -0.293. The molecule has 0 saturated heterocycles. The number of rotatable bonds is 2. The number of benzene rings is 2. The zero-order chi connectivity index (χ0) is 20.0. The van der Waals surface area contributed by atoms with Crippen molar-refractivity contribution in [3.8, 4) is 5.75 Å². The minimum atomic E-state index is -4.42. The van der Waals surface area contributed by atoms with E-state index in [4.69, 9.17) is 4.74 Å². The Morgan fingerprint density at radius 2 is 1.83 bits per heavy atom. The predicted molar refractivity (Wildman–Crippen MR) is 106 cm³/mol. The second kappa shape index (κ2) is 6.99. The number of halogens is 3. The van der Waals surface area contributed by atoms with Gasteiger partial charge in [0, 0.05) is 34.8 Å². The van der Waals surface area contributed by atoms with Crippen LogP contribution in [-0.4, -0.2) is 11.6 Å². The summed E-state index contributed by atoms with van der Waals surface area (Å²) in [4.78, 5) is 7.17. The van der Waals surface area contributed by atoms with Crippen LogP contribution in [0.5, 0.6) is 5.75 Å². The largest absolute Gasteiger partial charge is 0.493 e. The number of alkyl halides is 3. The van der Waals surface area contributed by atoms with Crippen LogP contribution in [0.4, 0.5) is 18.9 Å². The summed E-state index contributed by atoms with van der Waals surface area (Å²) in [6.07, 6.45) is -1.24. The van der Waals surface area contributed by atoms with Crippen molar-refractivity contribution in [2.45, 2.75) is 28.9 Å². The Labute approximate surface area is 170 Å². The fourth-order valence-electron chi connectivity index (χ4n) is 3.99. The summed E-state index contributed by atoms with van der Waals surface area (Å²) in [6, 6.07) is 17.1. The van der Waals surface area contributed by atoms with Crippen LogP contribution in [0.2, 0.25) is 0 Å². The summed E-state index contributed by atoms with van der Waals surface area (Å²) in [5.41, 5.74) is 1.91. The van der Waals surface area contributed by atoms with E-state index in [1.807, 2.05) is 48.5 Å². The fraction of sp³-hybridized carbons (Fsp3) is 0.227. The third-order valence-electron chi connectivity index (χ3n) is 5.27. The summed E-state index contributed by atoms with van der Waals surface area (Å²) in [5.74, 6) is 0.832. The van der Waals surface area contributed by atoms with Crippen molar-refractivity contribution in [3.05, 3.63) is 83.7 Å². The molecule has 0 bridgehead atoms. The van der Waals surface area contributed by atoms with Gasteiger partial charge in [-0.1, -0.05) is 42.1 Å². The van der Waals surface area contributed by atoms with Gasteiger partial charge in [-0.25, -0.2) is 0 Å². The van der Waals surface area contributed by atoms with Gasteiger partial charge in [0.1, 0.15) is 11.1 Å². The Hall–Kier alpha value is -2.67. The van der Waals surface area contributed by atoms with E-state index in [2.05, 4.69) is 9.88 Å². The third kappa shape index (κ3) is 3.23. The Balaban J connectivity index is 1.62. The van der Waals surface area contributed by atoms with Crippen molar-refractivity contribution >= 4 is 17.4 Å². The number of ether oxygens (including phenoxy) is 1. The van der Waals surface area contributed by atoms with Crippen LogP contribution in [0.1, 0.15) is 34.5 Å². The van der Waals surface area contributed by atoms with Crippen LogP contribution >= 0.6 is 11.8 Å². The quantitative estimate of drug-likeness (QED) is 0.496. The molecule has 29 heavy (non-hydrogen) atoms. The maximum atomic E-state index is 13.3. The molecule has 148 valence electrons. The van der Waals surface area contributed by atoms with Crippen LogP contribution in [0.25, 0.3) is 0 Å². The van der Waals surface area contributed by atoms with Crippen LogP contribution in [-0.2, 0) is 6.18 Å². The standard InChI is InChI=1S/C22H17F3N2OS/c23-22(24,25)15-11-14(12-26-13-15)21-27(18-6-2-4-8-20(18)29-21)17-9-10-28-19-7-3-1-5-16(17)19/h1-8,11-13,17,21H,9-10H2/t17?,21-/m0/s1.